The standard InChI is InChI=1S/C26H28N8O/c1-14-12-19(29-16(3)28-14)15(2)21-20-23(33-32-21)30-25(31-24(20)35)34-10-8-26(9-11-34)13-17-6-4-5-7-18(17)22(26)27/h4-7,12,22H,2,8-11,13,27H2,1,3H3,(H2,30,31,32,33,35)/t22-/m1/s1. The van der Waals surface area contributed by atoms with Crippen molar-refractivity contribution in [2.45, 2.75) is 39.2 Å². The lowest BCUT2D eigenvalue weighted by molar-refractivity contribution is 0.187. The second-order valence-electron chi connectivity index (χ2n) is 9.81. The highest BCUT2D eigenvalue weighted by molar-refractivity contribution is 5.91. The highest BCUT2D eigenvalue weighted by atomic mass is 16.1. The fraction of sp³-hybridized carbons (Fsp3) is 0.346. The van der Waals surface area contributed by atoms with Gasteiger partial charge in [0.1, 0.15) is 11.2 Å². The molecule has 1 fully saturated rings. The summed E-state index contributed by atoms with van der Waals surface area (Å²) < 4.78 is 0. The first-order valence-electron chi connectivity index (χ1n) is 11.9. The Bertz CT molecular complexity index is 1510. The van der Waals surface area contributed by atoms with E-state index < -0.39 is 0 Å². The van der Waals surface area contributed by atoms with Crippen LogP contribution in [-0.4, -0.2) is 43.2 Å². The molecule has 178 valence electrons. The SMILES string of the molecule is C=C(c1cc(C)nc(C)n1)c1[nH]nc2nc(N3CCC4(CC3)Cc3ccccc3[C@H]4N)[nH]c(=O)c12. The fourth-order valence-corrected chi connectivity index (χ4v) is 5.76. The minimum Gasteiger partial charge on any atom is -0.342 e. The van der Waals surface area contributed by atoms with Crippen LogP contribution in [0.25, 0.3) is 16.6 Å². The summed E-state index contributed by atoms with van der Waals surface area (Å²) in [5.41, 5.74) is 12.1. The summed E-state index contributed by atoms with van der Waals surface area (Å²) in [7, 11) is 0. The van der Waals surface area contributed by atoms with Crippen molar-refractivity contribution < 1.29 is 0 Å². The highest BCUT2D eigenvalue weighted by Crippen LogP contribution is 2.50. The van der Waals surface area contributed by atoms with Gasteiger partial charge in [0.05, 0.1) is 11.4 Å². The summed E-state index contributed by atoms with van der Waals surface area (Å²) >= 11 is 0. The lowest BCUT2D eigenvalue weighted by Gasteiger charge is -2.42. The molecule has 35 heavy (non-hydrogen) atoms. The molecule has 1 aliphatic carbocycles. The van der Waals surface area contributed by atoms with Crippen molar-refractivity contribution in [2.24, 2.45) is 11.1 Å². The number of aryl methyl sites for hydroxylation is 2. The summed E-state index contributed by atoms with van der Waals surface area (Å²) in [4.78, 5) is 31.7. The van der Waals surface area contributed by atoms with Crippen LogP contribution in [0.4, 0.5) is 5.95 Å². The molecule has 2 aliphatic rings. The van der Waals surface area contributed by atoms with Gasteiger partial charge in [0, 0.05) is 30.4 Å². The Morgan fingerprint density at radius 2 is 1.94 bits per heavy atom. The molecular weight excluding hydrogens is 440 g/mol. The average Bonchev–Trinajstić information content (AvgIpc) is 3.38. The van der Waals surface area contributed by atoms with Crippen molar-refractivity contribution in [1.29, 1.82) is 0 Å². The van der Waals surface area contributed by atoms with Gasteiger partial charge < -0.3 is 10.6 Å². The molecule has 9 heteroatoms. The summed E-state index contributed by atoms with van der Waals surface area (Å²) in [5, 5.41) is 7.66. The van der Waals surface area contributed by atoms with E-state index in [1.54, 1.807) is 0 Å². The fourth-order valence-electron chi connectivity index (χ4n) is 5.76. The number of benzene rings is 1. The van der Waals surface area contributed by atoms with Gasteiger partial charge in [-0.15, -0.1) is 0 Å². The summed E-state index contributed by atoms with van der Waals surface area (Å²) in [6, 6.07) is 10.4. The van der Waals surface area contributed by atoms with E-state index in [2.05, 4.69) is 65.9 Å². The van der Waals surface area contributed by atoms with Crippen molar-refractivity contribution in [1.82, 2.24) is 30.1 Å². The number of H-pyrrole nitrogens is 2. The predicted octanol–water partition coefficient (Wildman–Crippen LogP) is 2.96. The minimum atomic E-state index is -0.248. The van der Waals surface area contributed by atoms with E-state index in [0.29, 0.717) is 39.8 Å². The van der Waals surface area contributed by atoms with E-state index in [-0.39, 0.29) is 17.0 Å². The maximum atomic E-state index is 13.2. The topological polar surface area (TPSA) is 129 Å². The van der Waals surface area contributed by atoms with E-state index in [1.807, 2.05) is 19.9 Å². The third-order valence-electron chi connectivity index (χ3n) is 7.64. The normalized spacial score (nSPS) is 18.8. The number of hydrogen-bond acceptors (Lipinski definition) is 7. The number of aromatic amines is 2. The van der Waals surface area contributed by atoms with E-state index in [1.165, 1.54) is 11.1 Å². The maximum Gasteiger partial charge on any atom is 0.264 e. The predicted molar refractivity (Wildman–Crippen MR) is 135 cm³/mol. The Kier molecular flexibility index (Phi) is 4.86. The molecule has 0 radical (unpaired) electrons. The van der Waals surface area contributed by atoms with E-state index >= 15 is 0 Å². The second kappa shape index (κ2) is 7.84. The molecular formula is C26H28N8O. The number of rotatable bonds is 3. The number of nitrogens with two attached hydrogens (primary N) is 1. The Labute approximate surface area is 202 Å². The first-order valence-corrected chi connectivity index (χ1v) is 11.9. The van der Waals surface area contributed by atoms with Gasteiger partial charge in [0.25, 0.3) is 5.56 Å². The number of aromatic nitrogens is 6. The van der Waals surface area contributed by atoms with Crippen LogP contribution in [0, 0.1) is 19.3 Å². The van der Waals surface area contributed by atoms with Gasteiger partial charge in [0.15, 0.2) is 5.65 Å². The molecule has 0 bridgehead atoms. The van der Waals surface area contributed by atoms with Crippen LogP contribution in [0.3, 0.4) is 0 Å². The van der Waals surface area contributed by atoms with E-state index in [4.69, 9.17) is 5.73 Å². The van der Waals surface area contributed by atoms with Crippen LogP contribution < -0.4 is 16.2 Å². The Morgan fingerprint density at radius 3 is 2.69 bits per heavy atom. The molecule has 1 spiro atoms. The first kappa shape index (κ1) is 21.7. The van der Waals surface area contributed by atoms with Crippen molar-refractivity contribution in [3.63, 3.8) is 0 Å². The zero-order chi connectivity index (χ0) is 24.3. The molecule has 0 saturated carbocycles. The molecule has 1 aliphatic heterocycles. The van der Waals surface area contributed by atoms with Crippen molar-refractivity contribution in [3.8, 4) is 0 Å². The zero-order valence-electron chi connectivity index (χ0n) is 19.9. The van der Waals surface area contributed by atoms with Crippen LogP contribution >= 0.6 is 0 Å². The van der Waals surface area contributed by atoms with Gasteiger partial charge in [-0.1, -0.05) is 30.8 Å². The number of anilines is 1. The third-order valence-corrected chi connectivity index (χ3v) is 7.64. The smallest absolute Gasteiger partial charge is 0.264 e. The Hall–Kier alpha value is -3.85. The van der Waals surface area contributed by atoms with E-state index in [9.17, 15) is 4.79 Å². The van der Waals surface area contributed by atoms with Crippen LogP contribution in [0.2, 0.25) is 0 Å². The molecule has 3 aromatic heterocycles. The van der Waals surface area contributed by atoms with Crippen LogP contribution in [-0.2, 0) is 6.42 Å². The third kappa shape index (κ3) is 3.46. The van der Waals surface area contributed by atoms with Crippen LogP contribution in [0.1, 0.15) is 52.9 Å². The minimum absolute atomic E-state index is 0.0457. The molecule has 9 nitrogen and oxygen atoms in total. The summed E-state index contributed by atoms with van der Waals surface area (Å²) in [6.45, 7) is 9.44. The lowest BCUT2D eigenvalue weighted by atomic mass is 9.73. The molecule has 4 aromatic rings. The first-order chi connectivity index (χ1) is 16.8. The zero-order valence-corrected chi connectivity index (χ0v) is 19.9. The van der Waals surface area contributed by atoms with Gasteiger partial charge in [-0.2, -0.15) is 10.1 Å². The lowest BCUT2D eigenvalue weighted by Crippen LogP contribution is -2.45. The Morgan fingerprint density at radius 1 is 1.17 bits per heavy atom. The van der Waals surface area contributed by atoms with Crippen LogP contribution in [0.5, 0.6) is 0 Å². The summed E-state index contributed by atoms with van der Waals surface area (Å²) in [6.07, 6.45) is 2.90. The molecule has 0 unspecified atom stereocenters. The van der Waals surface area contributed by atoms with Gasteiger partial charge >= 0.3 is 0 Å². The molecule has 4 N–H and O–H groups in total. The molecule has 1 atom stereocenters. The highest BCUT2D eigenvalue weighted by Gasteiger charge is 2.46. The number of hydrogen-bond donors (Lipinski definition) is 3. The van der Waals surface area contributed by atoms with Gasteiger partial charge in [0.2, 0.25) is 5.95 Å². The molecule has 6 rings (SSSR count). The maximum absolute atomic E-state index is 13.2. The Balaban J connectivity index is 1.26. The second-order valence-corrected chi connectivity index (χ2v) is 9.81. The van der Waals surface area contributed by atoms with Gasteiger partial charge in [-0.05, 0) is 55.7 Å². The largest absolute Gasteiger partial charge is 0.342 e. The molecule has 1 saturated heterocycles. The quantitative estimate of drug-likeness (QED) is 0.421. The molecule has 4 heterocycles. The van der Waals surface area contributed by atoms with Crippen molar-refractivity contribution >= 4 is 22.6 Å². The van der Waals surface area contributed by atoms with E-state index in [0.717, 1.165) is 38.0 Å². The van der Waals surface area contributed by atoms with Crippen molar-refractivity contribution in [2.75, 3.05) is 18.0 Å². The number of fused-ring (bicyclic) bond motifs is 2. The molecule has 0 amide bonds. The van der Waals surface area contributed by atoms with Gasteiger partial charge in [-0.25, -0.2) is 9.97 Å². The number of nitrogens with zero attached hydrogens (tertiary/aromatic N) is 5. The number of piperidine rings is 1. The number of nitrogens with one attached hydrogen (secondary N) is 2. The summed E-state index contributed by atoms with van der Waals surface area (Å²) in [5.74, 6) is 1.19. The molecule has 1 aromatic carbocycles. The monoisotopic (exact) mass is 468 g/mol. The average molecular weight is 469 g/mol. The van der Waals surface area contributed by atoms with Crippen molar-refractivity contribution in [3.05, 3.63) is 81.3 Å². The van der Waals surface area contributed by atoms with Crippen LogP contribution in [0.15, 0.2) is 41.7 Å². The van der Waals surface area contributed by atoms with Gasteiger partial charge in [-0.3, -0.25) is 14.9 Å².